The number of benzene rings is 1. The third kappa shape index (κ3) is 8.48. The number of pyridine rings is 1. The molecule has 2 heterocycles. The van der Waals surface area contributed by atoms with Crippen LogP contribution in [0.5, 0.6) is 0 Å². The molecule has 0 aliphatic carbocycles. The number of Topliss-reactive ketones (excluding diaryl/α,β-unsaturated/α-hetero) is 1. The number of aromatic nitrogens is 2. The number of carbonyl (C=O) groups is 1. The molecule has 0 atom stereocenters. The minimum Gasteiger partial charge on any atom is -0.394 e. The summed E-state index contributed by atoms with van der Waals surface area (Å²) in [6.07, 6.45) is -0.778. The third-order valence-electron chi connectivity index (χ3n) is 5.37. The van der Waals surface area contributed by atoms with Gasteiger partial charge >= 0.3 is 6.18 Å². The van der Waals surface area contributed by atoms with E-state index in [-0.39, 0.29) is 6.42 Å². The number of ketones is 1. The third-order valence-corrected chi connectivity index (χ3v) is 5.37. The number of imidazole rings is 1. The molecule has 10 heteroatoms. The Labute approximate surface area is 202 Å². The van der Waals surface area contributed by atoms with Crippen molar-refractivity contribution in [3.05, 3.63) is 59.9 Å². The topological polar surface area (TPSA) is 68.4 Å². The Morgan fingerprint density at radius 2 is 2.00 bits per heavy atom. The highest BCUT2D eigenvalue weighted by atomic mass is 19.4. The second-order valence-corrected chi connectivity index (χ2v) is 8.23. The molecule has 0 amide bonds. The monoisotopic (exact) mass is 490 g/mol. The van der Waals surface area contributed by atoms with Crippen LogP contribution in [-0.4, -0.2) is 72.9 Å². The van der Waals surface area contributed by atoms with Gasteiger partial charge in [-0.25, -0.2) is 4.98 Å². The highest BCUT2D eigenvalue weighted by Crippen LogP contribution is 2.24. The minimum absolute atomic E-state index is 0.0383. The minimum atomic E-state index is -4.33. The van der Waals surface area contributed by atoms with E-state index in [1.165, 1.54) is 0 Å². The number of alkyl halides is 3. The van der Waals surface area contributed by atoms with Gasteiger partial charge in [0.05, 0.1) is 31.1 Å². The molecule has 1 aromatic carbocycles. The number of methoxy groups -OCH3 is 1. The molecule has 188 valence electrons. The van der Waals surface area contributed by atoms with Gasteiger partial charge in [0, 0.05) is 50.4 Å². The standard InChI is InChI=1S/C25H29F3N4O3/c1-31(10-12-34-2)11-13-35-30-17-20-7-9-32-23(18-29-24(32)16-20)21-5-3-4-19(14-21)15-22(33)6-8-25(26,27)28/h3-5,7,9,14,16-18H,6,8,10-13,15H2,1-2H3. The lowest BCUT2D eigenvalue weighted by atomic mass is 10.0. The summed E-state index contributed by atoms with van der Waals surface area (Å²) >= 11 is 0. The van der Waals surface area contributed by atoms with Gasteiger partial charge in [-0.1, -0.05) is 23.4 Å². The van der Waals surface area contributed by atoms with Gasteiger partial charge in [0.15, 0.2) is 0 Å². The zero-order chi connectivity index (χ0) is 25.3. The van der Waals surface area contributed by atoms with Crippen LogP contribution < -0.4 is 0 Å². The van der Waals surface area contributed by atoms with Gasteiger partial charge in [0.2, 0.25) is 0 Å². The number of oxime groups is 1. The van der Waals surface area contributed by atoms with E-state index in [2.05, 4.69) is 15.0 Å². The molecule has 0 aliphatic heterocycles. The first-order valence-corrected chi connectivity index (χ1v) is 11.2. The maximum absolute atomic E-state index is 12.4. The average molecular weight is 491 g/mol. The number of carbonyl (C=O) groups excluding carboxylic acids is 1. The number of likely N-dealkylation sites (N-methyl/N-ethyl adjacent to an activating group) is 1. The van der Waals surface area contributed by atoms with E-state index in [0.717, 1.165) is 29.9 Å². The van der Waals surface area contributed by atoms with E-state index >= 15 is 0 Å². The number of hydrogen-bond acceptors (Lipinski definition) is 6. The number of ether oxygens (including phenoxy) is 1. The van der Waals surface area contributed by atoms with Crippen molar-refractivity contribution in [3.8, 4) is 11.3 Å². The van der Waals surface area contributed by atoms with Crippen LogP contribution in [0.4, 0.5) is 13.2 Å². The SMILES string of the molecule is COCCN(C)CCON=Cc1ccn2c(-c3cccc(CC(=O)CCC(F)(F)F)c3)cnc2c1. The van der Waals surface area contributed by atoms with Crippen molar-refractivity contribution in [1.82, 2.24) is 14.3 Å². The van der Waals surface area contributed by atoms with Crippen molar-refractivity contribution < 1.29 is 27.5 Å². The zero-order valence-electron chi connectivity index (χ0n) is 19.8. The van der Waals surface area contributed by atoms with E-state index in [4.69, 9.17) is 9.57 Å². The lowest BCUT2D eigenvalue weighted by molar-refractivity contribution is -0.143. The summed E-state index contributed by atoms with van der Waals surface area (Å²) in [6, 6.07) is 10.9. The first-order valence-electron chi connectivity index (χ1n) is 11.2. The second kappa shape index (κ2) is 12.5. The molecule has 0 saturated heterocycles. The molecule has 7 nitrogen and oxygen atoms in total. The molecule has 0 radical (unpaired) electrons. The van der Waals surface area contributed by atoms with Gasteiger partial charge in [-0.3, -0.25) is 9.20 Å². The fraction of sp³-hybridized carbons (Fsp3) is 0.400. The van der Waals surface area contributed by atoms with Gasteiger partial charge in [-0.15, -0.1) is 0 Å². The van der Waals surface area contributed by atoms with Crippen LogP contribution in [0, 0.1) is 0 Å². The normalized spacial score (nSPS) is 12.2. The van der Waals surface area contributed by atoms with Gasteiger partial charge in [-0.05, 0) is 30.8 Å². The van der Waals surface area contributed by atoms with Crippen LogP contribution in [0.2, 0.25) is 0 Å². The first-order chi connectivity index (χ1) is 16.7. The fourth-order valence-electron chi connectivity index (χ4n) is 3.43. The molecule has 0 saturated carbocycles. The Kier molecular flexibility index (Phi) is 9.39. The summed E-state index contributed by atoms with van der Waals surface area (Å²) in [5.74, 6) is -0.439. The summed E-state index contributed by atoms with van der Waals surface area (Å²) in [5.41, 5.74) is 3.82. The Morgan fingerprint density at radius 1 is 1.20 bits per heavy atom. The Bertz CT molecular complexity index is 1140. The zero-order valence-corrected chi connectivity index (χ0v) is 19.8. The number of fused-ring (bicyclic) bond motifs is 1. The smallest absolute Gasteiger partial charge is 0.389 e. The van der Waals surface area contributed by atoms with Crippen LogP contribution in [0.25, 0.3) is 16.9 Å². The van der Waals surface area contributed by atoms with Crippen LogP contribution in [-0.2, 0) is 20.8 Å². The van der Waals surface area contributed by atoms with Crippen LogP contribution in [0.1, 0.15) is 24.0 Å². The molecule has 3 rings (SSSR count). The Balaban J connectivity index is 1.61. The average Bonchev–Trinajstić information content (AvgIpc) is 3.24. The maximum Gasteiger partial charge on any atom is 0.389 e. The summed E-state index contributed by atoms with van der Waals surface area (Å²) in [4.78, 5) is 23.8. The molecular weight excluding hydrogens is 461 g/mol. The van der Waals surface area contributed by atoms with E-state index in [1.807, 2.05) is 41.9 Å². The van der Waals surface area contributed by atoms with E-state index in [9.17, 15) is 18.0 Å². The molecule has 3 aromatic rings. The van der Waals surface area contributed by atoms with Crippen molar-refractivity contribution in [2.24, 2.45) is 5.16 Å². The van der Waals surface area contributed by atoms with Gasteiger partial charge < -0.3 is 14.5 Å². The molecular formula is C25H29F3N4O3. The largest absolute Gasteiger partial charge is 0.394 e. The van der Waals surface area contributed by atoms with Crippen molar-refractivity contribution in [1.29, 1.82) is 0 Å². The van der Waals surface area contributed by atoms with Crippen LogP contribution >= 0.6 is 0 Å². The molecule has 0 fully saturated rings. The van der Waals surface area contributed by atoms with E-state index < -0.39 is 24.8 Å². The van der Waals surface area contributed by atoms with Crippen molar-refractivity contribution in [3.63, 3.8) is 0 Å². The van der Waals surface area contributed by atoms with Crippen LogP contribution in [0.15, 0.2) is 53.9 Å². The molecule has 35 heavy (non-hydrogen) atoms. The summed E-state index contributed by atoms with van der Waals surface area (Å²) in [5, 5.41) is 4.01. The molecule has 2 aromatic heterocycles. The number of hydrogen-bond donors (Lipinski definition) is 0. The number of halogens is 3. The first kappa shape index (κ1) is 26.4. The molecule has 0 N–H and O–H groups in total. The van der Waals surface area contributed by atoms with E-state index in [0.29, 0.717) is 24.4 Å². The second-order valence-electron chi connectivity index (χ2n) is 8.23. The van der Waals surface area contributed by atoms with Crippen molar-refractivity contribution in [2.45, 2.75) is 25.4 Å². The van der Waals surface area contributed by atoms with Crippen LogP contribution in [0.3, 0.4) is 0 Å². The quantitative estimate of drug-likeness (QED) is 0.202. The molecule has 0 aliphatic rings. The highest BCUT2D eigenvalue weighted by Gasteiger charge is 2.27. The van der Waals surface area contributed by atoms with Crippen molar-refractivity contribution in [2.75, 3.05) is 40.5 Å². The van der Waals surface area contributed by atoms with Gasteiger partial charge in [0.1, 0.15) is 18.0 Å². The fourth-order valence-corrected chi connectivity index (χ4v) is 3.43. The van der Waals surface area contributed by atoms with E-state index in [1.54, 1.807) is 31.7 Å². The number of nitrogens with zero attached hydrogens (tertiary/aromatic N) is 4. The predicted octanol–water partition coefficient (Wildman–Crippen LogP) is 4.38. The Hall–Kier alpha value is -3.24. The lowest BCUT2D eigenvalue weighted by Gasteiger charge is -2.14. The van der Waals surface area contributed by atoms with Crippen molar-refractivity contribution >= 4 is 17.6 Å². The number of rotatable bonds is 13. The van der Waals surface area contributed by atoms with Gasteiger partial charge in [-0.2, -0.15) is 13.2 Å². The predicted molar refractivity (Wildman–Crippen MR) is 128 cm³/mol. The molecule has 0 unspecified atom stereocenters. The summed E-state index contributed by atoms with van der Waals surface area (Å²) in [6.45, 7) is 2.67. The summed E-state index contributed by atoms with van der Waals surface area (Å²) in [7, 11) is 3.65. The molecule has 0 bridgehead atoms. The highest BCUT2D eigenvalue weighted by molar-refractivity contribution is 5.82. The molecule has 0 spiro atoms. The summed E-state index contributed by atoms with van der Waals surface area (Å²) < 4.78 is 44.0. The maximum atomic E-state index is 12.4. The lowest BCUT2D eigenvalue weighted by Crippen LogP contribution is -2.26. The van der Waals surface area contributed by atoms with Gasteiger partial charge in [0.25, 0.3) is 0 Å². The Morgan fingerprint density at radius 3 is 2.77 bits per heavy atom.